The van der Waals surface area contributed by atoms with Crippen LogP contribution in [0.2, 0.25) is 0 Å². The van der Waals surface area contributed by atoms with Crippen LogP contribution in [0.3, 0.4) is 0 Å². The van der Waals surface area contributed by atoms with E-state index in [9.17, 15) is 0 Å². The standard InChI is InChI=1S/C66H41NOS/c1-66(2)56-21-11-10-20-51(56)62-47-18-8-6-16-44(47)52(36-57(62)66)41-23-29-58-55(35-41)64-59(68-58)30-28-43(61(64)38-13-4-3-5-14-38)40-22-25-46-49-26-27-50-54-33-39(42-15-12-32-67-37-42)24-31-60(54)69-65(50)63(49)48-19-9-7-17-45(48)53(46)34-40/h3-37H,1-2H3. The van der Waals surface area contributed by atoms with Gasteiger partial charge in [0.1, 0.15) is 11.2 Å². The molecule has 0 atom stereocenters. The quantitative estimate of drug-likeness (QED) is 0.165. The van der Waals surface area contributed by atoms with E-state index in [2.05, 4.69) is 213 Å². The normalized spacial score (nSPS) is 13.2. The van der Waals surface area contributed by atoms with Crippen molar-refractivity contribution in [1.82, 2.24) is 4.98 Å². The van der Waals surface area contributed by atoms with E-state index in [4.69, 9.17) is 4.42 Å². The Labute approximate surface area is 402 Å². The molecule has 0 spiro atoms. The Morgan fingerprint density at radius 3 is 1.90 bits per heavy atom. The van der Waals surface area contributed by atoms with Crippen molar-refractivity contribution in [2.45, 2.75) is 19.3 Å². The zero-order valence-electron chi connectivity index (χ0n) is 38.0. The van der Waals surface area contributed by atoms with E-state index in [1.165, 1.54) is 119 Å². The second-order valence-corrected chi connectivity index (χ2v) is 20.4. The summed E-state index contributed by atoms with van der Waals surface area (Å²) in [5, 5.41) is 15.1. The van der Waals surface area contributed by atoms with Gasteiger partial charge in [0.2, 0.25) is 0 Å². The SMILES string of the molecule is CC1(C)c2ccccc2-c2c1cc(-c1ccc3oc4ccc(-c5ccc6c(c5)c5ccccc5c5c6ccc6c7cc(-c8cccnc8)ccc7sc65)c(-c5ccccc5)c4c3c1)c1ccccc21. The van der Waals surface area contributed by atoms with Gasteiger partial charge in [-0.05, 0) is 142 Å². The Morgan fingerprint density at radius 1 is 0.377 bits per heavy atom. The van der Waals surface area contributed by atoms with Crippen molar-refractivity contribution in [3.05, 3.63) is 224 Å². The number of hydrogen-bond donors (Lipinski definition) is 0. The Bertz CT molecular complexity index is 4480. The molecule has 0 radical (unpaired) electrons. The lowest BCUT2D eigenvalue weighted by Crippen LogP contribution is -2.15. The first kappa shape index (κ1) is 38.7. The number of aromatic nitrogens is 1. The van der Waals surface area contributed by atoms with Crippen LogP contribution >= 0.6 is 11.3 Å². The fraction of sp³-hybridized carbons (Fsp3) is 0.0455. The highest BCUT2D eigenvalue weighted by atomic mass is 32.1. The van der Waals surface area contributed by atoms with Crippen LogP contribution in [0.4, 0.5) is 0 Å². The van der Waals surface area contributed by atoms with Gasteiger partial charge in [-0.2, -0.15) is 0 Å². The van der Waals surface area contributed by atoms with Gasteiger partial charge >= 0.3 is 0 Å². The Hall–Kier alpha value is -8.37. The largest absolute Gasteiger partial charge is 0.456 e. The number of hydrogen-bond acceptors (Lipinski definition) is 3. The maximum absolute atomic E-state index is 6.79. The topological polar surface area (TPSA) is 26.0 Å². The van der Waals surface area contributed by atoms with Crippen molar-refractivity contribution in [3.63, 3.8) is 0 Å². The molecule has 0 saturated carbocycles. The van der Waals surface area contributed by atoms with Crippen LogP contribution in [0, 0.1) is 0 Å². The summed E-state index contributed by atoms with van der Waals surface area (Å²) in [6.45, 7) is 4.75. The second kappa shape index (κ2) is 14.3. The van der Waals surface area contributed by atoms with Gasteiger partial charge in [-0.15, -0.1) is 11.3 Å². The molecule has 322 valence electrons. The highest BCUT2D eigenvalue weighted by Crippen LogP contribution is 2.54. The maximum atomic E-state index is 6.79. The van der Waals surface area contributed by atoms with Crippen molar-refractivity contribution in [2.24, 2.45) is 0 Å². The molecule has 0 fully saturated rings. The van der Waals surface area contributed by atoms with Crippen LogP contribution in [-0.4, -0.2) is 4.98 Å². The van der Waals surface area contributed by atoms with E-state index in [0.717, 1.165) is 33.1 Å². The van der Waals surface area contributed by atoms with E-state index >= 15 is 0 Å². The molecule has 0 unspecified atom stereocenters. The Kier molecular flexibility index (Phi) is 8.03. The van der Waals surface area contributed by atoms with Gasteiger partial charge in [0, 0.05) is 65.3 Å². The smallest absolute Gasteiger partial charge is 0.136 e. The molecule has 2 nitrogen and oxygen atoms in total. The highest BCUT2D eigenvalue weighted by Gasteiger charge is 2.37. The molecule has 0 N–H and O–H groups in total. The summed E-state index contributed by atoms with van der Waals surface area (Å²) in [5.41, 5.74) is 16.6. The zero-order valence-corrected chi connectivity index (χ0v) is 38.8. The second-order valence-electron chi connectivity index (χ2n) is 19.3. The van der Waals surface area contributed by atoms with Crippen molar-refractivity contribution in [3.8, 4) is 55.6 Å². The van der Waals surface area contributed by atoms with Crippen LogP contribution in [-0.2, 0) is 5.41 Å². The van der Waals surface area contributed by atoms with Gasteiger partial charge in [0.15, 0.2) is 0 Å². The number of furan rings is 1. The molecule has 0 bridgehead atoms. The molecule has 3 aromatic heterocycles. The van der Waals surface area contributed by atoms with Crippen LogP contribution in [0.15, 0.2) is 217 Å². The van der Waals surface area contributed by atoms with E-state index in [1.54, 1.807) is 0 Å². The minimum absolute atomic E-state index is 0.125. The summed E-state index contributed by atoms with van der Waals surface area (Å²) < 4.78 is 9.42. The summed E-state index contributed by atoms with van der Waals surface area (Å²) in [7, 11) is 0. The number of nitrogens with zero attached hydrogens (tertiary/aromatic N) is 1. The van der Waals surface area contributed by atoms with Crippen molar-refractivity contribution in [2.75, 3.05) is 0 Å². The molecule has 0 aliphatic heterocycles. The molecule has 0 amide bonds. The monoisotopic (exact) mass is 895 g/mol. The van der Waals surface area contributed by atoms with Gasteiger partial charge < -0.3 is 4.42 Å². The number of rotatable bonds is 4. The number of benzene rings is 11. The van der Waals surface area contributed by atoms with Gasteiger partial charge in [-0.1, -0.05) is 166 Å². The molecule has 1 aliphatic rings. The highest BCUT2D eigenvalue weighted by molar-refractivity contribution is 7.26. The van der Waals surface area contributed by atoms with Crippen molar-refractivity contribution < 1.29 is 4.42 Å². The molecule has 0 saturated heterocycles. The summed E-state index contributed by atoms with van der Waals surface area (Å²) in [6.07, 6.45) is 3.78. The third kappa shape index (κ3) is 5.51. The van der Waals surface area contributed by atoms with E-state index < -0.39 is 0 Å². The Morgan fingerprint density at radius 2 is 1.03 bits per heavy atom. The number of fused-ring (bicyclic) bond motifs is 18. The predicted octanol–water partition coefficient (Wildman–Crippen LogP) is 18.9. The average Bonchev–Trinajstić information content (AvgIpc) is 4.05. The first-order valence-electron chi connectivity index (χ1n) is 23.8. The molecule has 69 heavy (non-hydrogen) atoms. The lowest BCUT2D eigenvalue weighted by Gasteiger charge is -2.23. The van der Waals surface area contributed by atoms with Gasteiger partial charge in [-0.25, -0.2) is 0 Å². The number of pyridine rings is 1. The fourth-order valence-electron chi connectivity index (χ4n) is 12.1. The van der Waals surface area contributed by atoms with Gasteiger partial charge in [-0.3, -0.25) is 4.98 Å². The minimum Gasteiger partial charge on any atom is -0.456 e. The fourth-order valence-corrected chi connectivity index (χ4v) is 13.4. The lowest BCUT2D eigenvalue weighted by molar-refractivity contribution is 0.661. The van der Waals surface area contributed by atoms with Crippen LogP contribution < -0.4 is 0 Å². The predicted molar refractivity (Wildman–Crippen MR) is 294 cm³/mol. The average molecular weight is 896 g/mol. The van der Waals surface area contributed by atoms with E-state index in [0.29, 0.717) is 0 Å². The maximum Gasteiger partial charge on any atom is 0.136 e. The van der Waals surface area contributed by atoms with Crippen LogP contribution in [0.25, 0.3) is 141 Å². The van der Waals surface area contributed by atoms with Crippen molar-refractivity contribution in [1.29, 1.82) is 0 Å². The van der Waals surface area contributed by atoms with E-state index in [1.807, 2.05) is 29.8 Å². The van der Waals surface area contributed by atoms with Crippen molar-refractivity contribution >= 4 is 96.5 Å². The minimum atomic E-state index is -0.125. The molecule has 3 heteroatoms. The van der Waals surface area contributed by atoms with Crippen LogP contribution in [0.1, 0.15) is 25.0 Å². The summed E-state index contributed by atoms with van der Waals surface area (Å²) in [5.74, 6) is 0. The first-order valence-corrected chi connectivity index (χ1v) is 24.6. The molecule has 11 aromatic carbocycles. The summed E-state index contributed by atoms with van der Waals surface area (Å²) in [4.78, 5) is 4.40. The van der Waals surface area contributed by atoms with Crippen LogP contribution in [0.5, 0.6) is 0 Å². The molecule has 3 heterocycles. The number of thiophene rings is 1. The van der Waals surface area contributed by atoms with Gasteiger partial charge in [0.05, 0.1) is 0 Å². The first-order chi connectivity index (χ1) is 34.0. The molecule has 14 aromatic rings. The van der Waals surface area contributed by atoms with E-state index in [-0.39, 0.29) is 5.41 Å². The zero-order chi connectivity index (χ0) is 45.5. The van der Waals surface area contributed by atoms with Gasteiger partial charge in [0.25, 0.3) is 0 Å². The third-order valence-corrected chi connectivity index (χ3v) is 16.5. The molecular weight excluding hydrogens is 855 g/mol. The lowest BCUT2D eigenvalue weighted by atomic mass is 9.80. The Balaban J connectivity index is 0.946. The molecule has 1 aliphatic carbocycles. The summed E-state index contributed by atoms with van der Waals surface area (Å²) in [6, 6.07) is 74.4. The summed E-state index contributed by atoms with van der Waals surface area (Å²) >= 11 is 1.90. The third-order valence-electron chi connectivity index (χ3n) is 15.3. The molecular formula is C66H41NOS. The molecule has 15 rings (SSSR count).